The lowest BCUT2D eigenvalue weighted by atomic mass is 10.2. The molecule has 0 aliphatic rings. The van der Waals surface area contributed by atoms with Crippen molar-refractivity contribution in [2.75, 3.05) is 11.1 Å². The van der Waals surface area contributed by atoms with Gasteiger partial charge in [0, 0.05) is 12.6 Å². The maximum atomic E-state index is 12.8. The van der Waals surface area contributed by atoms with Crippen LogP contribution in [0.4, 0.5) is 18.9 Å². The molecule has 158 valence electrons. The lowest BCUT2D eigenvalue weighted by Gasteiger charge is -2.11. The number of nitrogens with zero attached hydrogens (tertiary/aromatic N) is 3. The number of carbonyl (C=O) groups excluding carboxylic acids is 1. The molecule has 1 N–H and O–H groups in total. The number of thioether (sulfide) groups is 1. The van der Waals surface area contributed by atoms with Crippen LogP contribution in [0.3, 0.4) is 0 Å². The normalized spacial score (nSPS) is 11.6. The van der Waals surface area contributed by atoms with E-state index in [-0.39, 0.29) is 16.5 Å². The third-order valence-corrected chi connectivity index (χ3v) is 6.00. The fourth-order valence-corrected chi connectivity index (χ4v) is 3.61. The Bertz CT molecular complexity index is 1100. The lowest BCUT2D eigenvalue weighted by Crippen LogP contribution is -2.16. The van der Waals surface area contributed by atoms with Crippen molar-refractivity contribution in [1.82, 2.24) is 14.8 Å². The Morgan fingerprint density at radius 1 is 1.07 bits per heavy atom. The van der Waals surface area contributed by atoms with E-state index in [2.05, 4.69) is 15.5 Å². The van der Waals surface area contributed by atoms with Gasteiger partial charge < -0.3 is 9.88 Å². The molecule has 0 aliphatic carbocycles. The SMILES string of the molecule is Cn1c(SCC(=O)Nc2cc(C(F)(F)F)ccc2Cl)nnc1-c1ccc(Cl)c(Cl)c1. The zero-order valence-corrected chi connectivity index (χ0v) is 18.2. The molecule has 1 amide bonds. The number of hydrogen-bond donors (Lipinski definition) is 1. The van der Waals surface area contributed by atoms with Crippen molar-refractivity contribution < 1.29 is 18.0 Å². The van der Waals surface area contributed by atoms with Gasteiger partial charge in [0.05, 0.1) is 32.1 Å². The van der Waals surface area contributed by atoms with Crippen LogP contribution in [-0.4, -0.2) is 26.4 Å². The molecule has 0 saturated heterocycles. The van der Waals surface area contributed by atoms with Gasteiger partial charge in [0.15, 0.2) is 11.0 Å². The summed E-state index contributed by atoms with van der Waals surface area (Å²) in [5, 5.41) is 11.7. The summed E-state index contributed by atoms with van der Waals surface area (Å²) in [6, 6.07) is 7.72. The number of nitrogens with one attached hydrogen (secondary N) is 1. The molecule has 0 aliphatic heterocycles. The number of rotatable bonds is 5. The maximum Gasteiger partial charge on any atom is 0.416 e. The first kappa shape index (κ1) is 22.7. The Kier molecular flexibility index (Phi) is 6.86. The first-order valence-electron chi connectivity index (χ1n) is 8.20. The fraction of sp³-hybridized carbons (Fsp3) is 0.167. The number of carbonyl (C=O) groups is 1. The standard InChI is InChI=1S/C18H12Cl3F3N4OS/c1-28-16(9-2-4-11(19)13(21)6-9)26-27-17(28)30-8-15(29)25-14-7-10(18(22,23)24)3-5-12(14)20/h2-7H,8H2,1H3,(H,25,29). The quantitative estimate of drug-likeness (QED) is 0.429. The van der Waals surface area contributed by atoms with Gasteiger partial charge in [-0.3, -0.25) is 4.79 Å². The molecule has 3 aromatic rings. The molecule has 30 heavy (non-hydrogen) atoms. The number of alkyl halides is 3. The molecule has 0 unspecified atom stereocenters. The van der Waals surface area contributed by atoms with Crippen molar-refractivity contribution >= 4 is 58.2 Å². The second kappa shape index (κ2) is 9.05. The number of anilines is 1. The molecule has 0 radical (unpaired) electrons. The number of hydrogen-bond acceptors (Lipinski definition) is 4. The van der Waals surface area contributed by atoms with E-state index in [9.17, 15) is 18.0 Å². The number of halogens is 6. The van der Waals surface area contributed by atoms with E-state index in [0.717, 1.165) is 30.0 Å². The molecule has 1 aromatic heterocycles. The van der Waals surface area contributed by atoms with Crippen LogP contribution in [0.25, 0.3) is 11.4 Å². The second-order valence-electron chi connectivity index (χ2n) is 6.02. The number of amides is 1. The maximum absolute atomic E-state index is 12.8. The molecule has 3 rings (SSSR count). The second-order valence-corrected chi connectivity index (χ2v) is 8.19. The monoisotopic (exact) mass is 494 g/mol. The topological polar surface area (TPSA) is 59.8 Å². The van der Waals surface area contributed by atoms with Gasteiger partial charge in [0.2, 0.25) is 5.91 Å². The molecular formula is C18H12Cl3F3N4OS. The Balaban J connectivity index is 1.69. The highest BCUT2D eigenvalue weighted by molar-refractivity contribution is 7.99. The van der Waals surface area contributed by atoms with Crippen molar-refractivity contribution in [1.29, 1.82) is 0 Å². The molecule has 0 bridgehead atoms. The zero-order chi connectivity index (χ0) is 22.1. The van der Waals surface area contributed by atoms with Crippen LogP contribution in [0.5, 0.6) is 0 Å². The highest BCUT2D eigenvalue weighted by atomic mass is 35.5. The average Bonchev–Trinajstić information content (AvgIpc) is 3.04. The van der Waals surface area contributed by atoms with Gasteiger partial charge in [-0.2, -0.15) is 13.2 Å². The molecule has 0 fully saturated rings. The number of aromatic nitrogens is 3. The van der Waals surface area contributed by atoms with Crippen molar-refractivity contribution in [3.8, 4) is 11.4 Å². The minimum Gasteiger partial charge on any atom is -0.324 e. The van der Waals surface area contributed by atoms with Gasteiger partial charge in [-0.1, -0.05) is 46.6 Å². The van der Waals surface area contributed by atoms with Gasteiger partial charge in [-0.05, 0) is 36.4 Å². The van der Waals surface area contributed by atoms with Gasteiger partial charge in [-0.15, -0.1) is 10.2 Å². The van der Waals surface area contributed by atoms with Crippen LogP contribution in [0, 0.1) is 0 Å². The van der Waals surface area contributed by atoms with Crippen LogP contribution in [0.1, 0.15) is 5.56 Å². The highest BCUT2D eigenvalue weighted by Gasteiger charge is 2.31. The molecular weight excluding hydrogens is 484 g/mol. The van der Waals surface area contributed by atoms with Crippen molar-refractivity contribution in [2.24, 2.45) is 7.05 Å². The Labute approximate surface area is 188 Å². The third-order valence-electron chi connectivity index (χ3n) is 3.91. The summed E-state index contributed by atoms with van der Waals surface area (Å²) in [6.07, 6.45) is -4.54. The van der Waals surface area contributed by atoms with Crippen LogP contribution < -0.4 is 5.32 Å². The van der Waals surface area contributed by atoms with Crippen molar-refractivity contribution in [3.63, 3.8) is 0 Å². The summed E-state index contributed by atoms with van der Waals surface area (Å²) in [7, 11) is 1.71. The largest absolute Gasteiger partial charge is 0.416 e. The average molecular weight is 496 g/mol. The molecule has 12 heteroatoms. The van der Waals surface area contributed by atoms with Crippen LogP contribution >= 0.6 is 46.6 Å². The highest BCUT2D eigenvalue weighted by Crippen LogP contribution is 2.34. The van der Waals surface area contributed by atoms with Crippen molar-refractivity contribution in [3.05, 3.63) is 57.0 Å². The summed E-state index contributed by atoms with van der Waals surface area (Å²) < 4.78 is 40.2. The van der Waals surface area contributed by atoms with Gasteiger partial charge in [0.1, 0.15) is 0 Å². The summed E-state index contributed by atoms with van der Waals surface area (Å²) in [5.74, 6) is -0.141. The van der Waals surface area contributed by atoms with E-state index in [1.807, 2.05) is 0 Å². The fourth-order valence-electron chi connectivity index (χ4n) is 2.44. The summed E-state index contributed by atoms with van der Waals surface area (Å²) in [4.78, 5) is 12.2. The summed E-state index contributed by atoms with van der Waals surface area (Å²) >= 11 is 18.9. The van der Waals surface area contributed by atoms with Gasteiger partial charge in [0.25, 0.3) is 0 Å². The zero-order valence-electron chi connectivity index (χ0n) is 15.1. The Morgan fingerprint density at radius 3 is 2.43 bits per heavy atom. The molecule has 1 heterocycles. The van der Waals surface area contributed by atoms with Crippen molar-refractivity contribution in [2.45, 2.75) is 11.3 Å². The van der Waals surface area contributed by atoms with Crippen LogP contribution in [-0.2, 0) is 18.0 Å². The first-order chi connectivity index (χ1) is 14.1. The van der Waals surface area contributed by atoms with Gasteiger partial charge in [-0.25, -0.2) is 0 Å². The smallest absolute Gasteiger partial charge is 0.324 e. The van der Waals surface area contributed by atoms with E-state index >= 15 is 0 Å². The Morgan fingerprint density at radius 2 is 1.77 bits per heavy atom. The minimum atomic E-state index is -4.54. The molecule has 2 aromatic carbocycles. The summed E-state index contributed by atoms with van der Waals surface area (Å²) in [5.41, 5.74) is -0.340. The summed E-state index contributed by atoms with van der Waals surface area (Å²) in [6.45, 7) is 0. The van der Waals surface area contributed by atoms with Gasteiger partial charge >= 0.3 is 6.18 Å². The number of benzene rings is 2. The molecule has 0 spiro atoms. The van der Waals surface area contributed by atoms with E-state index < -0.39 is 17.6 Å². The van der Waals surface area contributed by atoms with E-state index in [1.165, 1.54) is 0 Å². The lowest BCUT2D eigenvalue weighted by molar-refractivity contribution is -0.137. The predicted octanol–water partition coefficient (Wildman–Crippen LogP) is 6.19. The van der Waals surface area contributed by atoms with Crippen LogP contribution in [0.2, 0.25) is 15.1 Å². The van der Waals surface area contributed by atoms with E-state index in [1.54, 1.807) is 29.8 Å². The predicted molar refractivity (Wildman–Crippen MR) is 112 cm³/mol. The minimum absolute atomic E-state index is 0.00177. The first-order valence-corrected chi connectivity index (χ1v) is 10.3. The molecule has 0 atom stereocenters. The molecule has 5 nitrogen and oxygen atoms in total. The van der Waals surface area contributed by atoms with E-state index in [4.69, 9.17) is 34.8 Å². The Hall–Kier alpha value is -1.94. The third kappa shape index (κ3) is 5.21. The van der Waals surface area contributed by atoms with Crippen LogP contribution in [0.15, 0.2) is 41.6 Å². The van der Waals surface area contributed by atoms with E-state index in [0.29, 0.717) is 26.6 Å². The molecule has 0 saturated carbocycles.